The van der Waals surface area contributed by atoms with Gasteiger partial charge in [0.25, 0.3) is 5.91 Å². The molecule has 8 heteroatoms. The molecule has 8 N–H and O–H groups in total. The van der Waals surface area contributed by atoms with Gasteiger partial charge in [-0.2, -0.15) is 0 Å². The largest absolute Gasteiger partial charge is 0.396 e. The summed E-state index contributed by atoms with van der Waals surface area (Å²) in [4.78, 5) is 24.0. The Hall–Kier alpha value is -2.88. The lowest BCUT2D eigenvalue weighted by Gasteiger charge is -2.30. The third-order valence-electron chi connectivity index (χ3n) is 4.06. The van der Waals surface area contributed by atoms with Crippen LogP contribution in [0.15, 0.2) is 18.2 Å². The van der Waals surface area contributed by atoms with Crippen LogP contribution in [-0.2, 0) is 4.79 Å². The summed E-state index contributed by atoms with van der Waals surface area (Å²) in [5.74, 6) is 7.28. The Kier molecular flexibility index (Phi) is 8.17. The second-order valence-corrected chi connectivity index (χ2v) is 7.02. The van der Waals surface area contributed by atoms with Crippen molar-refractivity contribution < 1.29 is 25.0 Å². The van der Waals surface area contributed by atoms with E-state index in [0.717, 1.165) is 0 Å². The summed E-state index contributed by atoms with van der Waals surface area (Å²) < 4.78 is 0. The molecule has 0 spiro atoms. The van der Waals surface area contributed by atoms with Crippen molar-refractivity contribution in [3.8, 4) is 23.7 Å². The van der Waals surface area contributed by atoms with E-state index in [1.54, 1.807) is 26.3 Å². The number of nitrogens with one attached hydrogen (secondary N) is 1. The molecule has 0 aliphatic carbocycles. The van der Waals surface area contributed by atoms with Gasteiger partial charge in [0.05, 0.1) is 5.92 Å². The van der Waals surface area contributed by atoms with Gasteiger partial charge in [-0.15, -0.1) is 0 Å². The Morgan fingerprint density at radius 2 is 1.93 bits per heavy atom. The summed E-state index contributed by atoms with van der Waals surface area (Å²) in [6.45, 7) is 4.59. The fourth-order valence-corrected chi connectivity index (χ4v) is 2.50. The lowest BCUT2D eigenvalue weighted by Crippen LogP contribution is -2.47. The molecule has 0 unspecified atom stereocenters. The van der Waals surface area contributed by atoms with Crippen LogP contribution in [0.2, 0.25) is 0 Å². The maximum absolute atomic E-state index is 12.2. The second-order valence-electron chi connectivity index (χ2n) is 7.02. The molecule has 8 nitrogen and oxygen atoms in total. The molecule has 0 saturated carbocycles. The number of aliphatic hydroxyl groups excluding tert-OH is 2. The molecule has 0 aliphatic heterocycles. The van der Waals surface area contributed by atoms with Crippen LogP contribution in [0.25, 0.3) is 0 Å². The van der Waals surface area contributed by atoms with E-state index in [1.807, 2.05) is 0 Å². The molecular formula is C20H25N3O5. The van der Waals surface area contributed by atoms with Crippen molar-refractivity contribution in [2.75, 3.05) is 6.61 Å². The van der Waals surface area contributed by atoms with Crippen LogP contribution in [0.3, 0.4) is 0 Å². The van der Waals surface area contributed by atoms with Gasteiger partial charge in [-0.3, -0.25) is 14.8 Å². The SMILES string of the molecule is C[C@@H](CO)[C@H](O)C#CC#Cc1ccc(C(N)=O)c([C@H](C(=O)NO)C(C)(C)N)c1. The van der Waals surface area contributed by atoms with Crippen molar-refractivity contribution in [1.82, 2.24) is 5.48 Å². The first-order valence-corrected chi connectivity index (χ1v) is 8.50. The predicted molar refractivity (Wildman–Crippen MR) is 103 cm³/mol. The first-order chi connectivity index (χ1) is 13.0. The number of benzene rings is 1. The molecule has 0 fully saturated rings. The molecular weight excluding hydrogens is 362 g/mol. The van der Waals surface area contributed by atoms with E-state index in [-0.39, 0.29) is 17.7 Å². The minimum Gasteiger partial charge on any atom is -0.396 e. The van der Waals surface area contributed by atoms with Crippen LogP contribution in [0.4, 0.5) is 0 Å². The number of hydroxylamine groups is 1. The van der Waals surface area contributed by atoms with Crippen molar-refractivity contribution in [2.24, 2.45) is 17.4 Å². The Morgan fingerprint density at radius 1 is 1.29 bits per heavy atom. The molecule has 0 radical (unpaired) electrons. The first-order valence-electron chi connectivity index (χ1n) is 8.50. The molecule has 0 saturated heterocycles. The van der Waals surface area contributed by atoms with Gasteiger partial charge in [-0.25, -0.2) is 5.48 Å². The summed E-state index contributed by atoms with van der Waals surface area (Å²) in [5.41, 5.74) is 12.6. The molecule has 0 heterocycles. The van der Waals surface area contributed by atoms with E-state index in [4.69, 9.17) is 21.8 Å². The van der Waals surface area contributed by atoms with Gasteiger partial charge in [0.15, 0.2) is 0 Å². The van der Waals surface area contributed by atoms with E-state index in [0.29, 0.717) is 5.56 Å². The Labute approximate surface area is 163 Å². The van der Waals surface area contributed by atoms with Gasteiger partial charge < -0.3 is 21.7 Å². The summed E-state index contributed by atoms with van der Waals surface area (Å²) in [7, 11) is 0. The number of aliphatic hydroxyl groups is 2. The Bertz CT molecular complexity index is 853. The second kappa shape index (κ2) is 9.88. The smallest absolute Gasteiger partial charge is 0.252 e. The minimum absolute atomic E-state index is 0.0796. The maximum atomic E-state index is 12.2. The topological polar surface area (TPSA) is 159 Å². The number of carbonyl (C=O) groups is 2. The van der Waals surface area contributed by atoms with Crippen molar-refractivity contribution in [3.05, 3.63) is 34.9 Å². The number of nitrogens with two attached hydrogens (primary N) is 2. The Balaban J connectivity index is 3.37. The number of amides is 2. The number of hydrogen-bond acceptors (Lipinski definition) is 6. The third-order valence-corrected chi connectivity index (χ3v) is 4.06. The highest BCUT2D eigenvalue weighted by atomic mass is 16.5. The van der Waals surface area contributed by atoms with Crippen molar-refractivity contribution in [2.45, 2.75) is 38.3 Å². The average molecular weight is 387 g/mol. The van der Waals surface area contributed by atoms with E-state index in [1.165, 1.54) is 18.2 Å². The summed E-state index contributed by atoms with van der Waals surface area (Å²) in [6, 6.07) is 4.43. The first kappa shape index (κ1) is 23.2. The lowest BCUT2D eigenvalue weighted by atomic mass is 9.79. The molecule has 28 heavy (non-hydrogen) atoms. The molecule has 1 aromatic rings. The van der Waals surface area contributed by atoms with Gasteiger partial charge in [0, 0.05) is 29.2 Å². The highest BCUT2D eigenvalue weighted by molar-refractivity contribution is 5.97. The normalized spacial score (nSPS) is 13.8. The van der Waals surface area contributed by atoms with Gasteiger partial charge in [0.2, 0.25) is 5.91 Å². The van der Waals surface area contributed by atoms with Gasteiger partial charge >= 0.3 is 0 Å². The zero-order valence-electron chi connectivity index (χ0n) is 16.0. The monoisotopic (exact) mass is 387 g/mol. The van der Waals surface area contributed by atoms with E-state index < -0.39 is 35.3 Å². The van der Waals surface area contributed by atoms with Gasteiger partial charge in [-0.05, 0) is 49.5 Å². The quantitative estimate of drug-likeness (QED) is 0.218. The average Bonchev–Trinajstić information content (AvgIpc) is 2.63. The maximum Gasteiger partial charge on any atom is 0.252 e. The third kappa shape index (κ3) is 6.08. The molecule has 0 aromatic heterocycles. The highest BCUT2D eigenvalue weighted by Gasteiger charge is 2.35. The molecule has 1 aromatic carbocycles. The summed E-state index contributed by atoms with van der Waals surface area (Å²) in [5, 5.41) is 27.7. The molecule has 2 amide bonds. The minimum atomic E-state index is -1.12. The number of rotatable bonds is 6. The molecule has 0 bridgehead atoms. The van der Waals surface area contributed by atoms with Crippen molar-refractivity contribution in [1.29, 1.82) is 0 Å². The number of primary amides is 1. The van der Waals surface area contributed by atoms with E-state index in [2.05, 4.69) is 23.7 Å². The van der Waals surface area contributed by atoms with Gasteiger partial charge in [0.1, 0.15) is 6.10 Å². The van der Waals surface area contributed by atoms with Crippen LogP contribution in [0.1, 0.15) is 48.2 Å². The van der Waals surface area contributed by atoms with Crippen LogP contribution in [0, 0.1) is 29.6 Å². The van der Waals surface area contributed by atoms with Crippen LogP contribution < -0.4 is 16.9 Å². The zero-order valence-corrected chi connectivity index (χ0v) is 16.0. The number of carbonyl (C=O) groups excluding carboxylic acids is 2. The number of hydrogen-bond donors (Lipinski definition) is 6. The van der Waals surface area contributed by atoms with E-state index in [9.17, 15) is 14.7 Å². The highest BCUT2D eigenvalue weighted by Crippen LogP contribution is 2.30. The standard InChI is InChI=1S/C20H25N3O5/c1-12(11-24)16(25)7-5-4-6-13-8-9-14(18(21)26)15(10-13)17(19(27)23-28)20(2,3)22/h8-10,12,16-17,24-25,28H,11,22H2,1-3H3,(H2,21,26)(H,23,27)/t12-,16+,17+/m0/s1. The van der Waals surface area contributed by atoms with Crippen LogP contribution >= 0.6 is 0 Å². The van der Waals surface area contributed by atoms with Crippen LogP contribution in [0.5, 0.6) is 0 Å². The zero-order chi connectivity index (χ0) is 21.5. The molecule has 150 valence electrons. The summed E-state index contributed by atoms with van der Waals surface area (Å²) >= 11 is 0. The Morgan fingerprint density at radius 3 is 2.43 bits per heavy atom. The molecule has 1 rings (SSSR count). The van der Waals surface area contributed by atoms with E-state index >= 15 is 0 Å². The molecule has 0 aliphatic rings. The van der Waals surface area contributed by atoms with Crippen molar-refractivity contribution in [3.63, 3.8) is 0 Å². The molecule has 3 atom stereocenters. The predicted octanol–water partition coefficient (Wildman–Crippen LogP) is -0.544. The van der Waals surface area contributed by atoms with Gasteiger partial charge in [-0.1, -0.05) is 18.8 Å². The van der Waals surface area contributed by atoms with Crippen molar-refractivity contribution >= 4 is 11.8 Å². The van der Waals surface area contributed by atoms with Crippen LogP contribution in [-0.4, -0.2) is 45.5 Å². The lowest BCUT2D eigenvalue weighted by molar-refractivity contribution is -0.132. The fraction of sp³-hybridized carbons (Fsp3) is 0.400. The summed E-state index contributed by atoms with van der Waals surface area (Å²) in [6.07, 6.45) is -1.01. The fourth-order valence-electron chi connectivity index (χ4n) is 2.50.